The highest BCUT2D eigenvalue weighted by molar-refractivity contribution is 9.10. The van der Waals surface area contributed by atoms with Crippen molar-refractivity contribution < 1.29 is 9.90 Å². The standard InChI is InChI=1S/C19H16BrN3O3/c1-11-4-3-5-15(12(11)2)21-19(26)18-16(24)10-17(25)23(22-18)14-8-6-13(20)7-9-14/h3-10,24H,1-2H3,(H,21,26). The van der Waals surface area contributed by atoms with Crippen molar-refractivity contribution in [1.29, 1.82) is 0 Å². The molecule has 0 saturated carbocycles. The number of aromatic nitrogens is 2. The Kier molecular flexibility index (Phi) is 4.90. The third-order valence-corrected chi connectivity index (χ3v) is 4.58. The molecule has 26 heavy (non-hydrogen) atoms. The van der Waals surface area contributed by atoms with E-state index in [0.29, 0.717) is 11.4 Å². The number of nitrogens with one attached hydrogen (secondary N) is 1. The number of anilines is 1. The molecule has 1 amide bonds. The van der Waals surface area contributed by atoms with Gasteiger partial charge in [-0.2, -0.15) is 9.78 Å². The van der Waals surface area contributed by atoms with Crippen LogP contribution in [-0.2, 0) is 0 Å². The van der Waals surface area contributed by atoms with Gasteiger partial charge in [0.15, 0.2) is 11.4 Å². The Balaban J connectivity index is 2.00. The predicted octanol–water partition coefficient (Wildman–Crippen LogP) is 3.57. The number of carbonyl (C=O) groups excluding carboxylic acids is 1. The van der Waals surface area contributed by atoms with Crippen LogP contribution in [0.1, 0.15) is 21.6 Å². The maximum Gasteiger partial charge on any atom is 0.279 e. The average molecular weight is 414 g/mol. The van der Waals surface area contributed by atoms with Crippen molar-refractivity contribution in [3.05, 3.63) is 80.2 Å². The Morgan fingerprint density at radius 2 is 1.85 bits per heavy atom. The second-order valence-corrected chi connectivity index (χ2v) is 6.72. The Hall–Kier alpha value is -2.93. The first kappa shape index (κ1) is 17.9. The van der Waals surface area contributed by atoms with Crippen molar-refractivity contribution in [3.63, 3.8) is 0 Å². The van der Waals surface area contributed by atoms with E-state index in [-0.39, 0.29) is 5.69 Å². The van der Waals surface area contributed by atoms with Crippen molar-refractivity contribution >= 4 is 27.5 Å². The molecule has 7 heteroatoms. The van der Waals surface area contributed by atoms with Gasteiger partial charge in [-0.3, -0.25) is 9.59 Å². The molecular weight excluding hydrogens is 398 g/mol. The largest absolute Gasteiger partial charge is 0.505 e. The normalized spacial score (nSPS) is 10.6. The maximum atomic E-state index is 12.6. The van der Waals surface area contributed by atoms with Crippen LogP contribution < -0.4 is 10.9 Å². The number of amides is 1. The third-order valence-electron chi connectivity index (χ3n) is 4.05. The Labute approximate surface area is 158 Å². The average Bonchev–Trinajstić information content (AvgIpc) is 2.60. The summed E-state index contributed by atoms with van der Waals surface area (Å²) in [5, 5.41) is 16.8. The summed E-state index contributed by atoms with van der Waals surface area (Å²) in [5.74, 6) is -1.06. The summed E-state index contributed by atoms with van der Waals surface area (Å²) >= 11 is 3.32. The van der Waals surface area contributed by atoms with Crippen LogP contribution in [0, 0.1) is 13.8 Å². The number of aryl methyl sites for hydroxylation is 1. The summed E-state index contributed by atoms with van der Waals surface area (Å²) in [7, 11) is 0. The number of aromatic hydroxyl groups is 1. The second kappa shape index (κ2) is 7.13. The quantitative estimate of drug-likeness (QED) is 0.687. The Bertz CT molecular complexity index is 1040. The van der Waals surface area contributed by atoms with Crippen molar-refractivity contribution in [2.24, 2.45) is 0 Å². The first-order valence-electron chi connectivity index (χ1n) is 7.83. The molecule has 1 heterocycles. The van der Waals surface area contributed by atoms with Crippen LogP contribution in [0.15, 0.2) is 57.8 Å². The van der Waals surface area contributed by atoms with Gasteiger partial charge in [0, 0.05) is 16.2 Å². The van der Waals surface area contributed by atoms with E-state index < -0.39 is 17.2 Å². The molecule has 0 aliphatic carbocycles. The van der Waals surface area contributed by atoms with Gasteiger partial charge in [-0.15, -0.1) is 0 Å². The molecule has 3 aromatic rings. The SMILES string of the molecule is Cc1cccc(NC(=O)c2nn(-c3ccc(Br)cc3)c(=O)cc2O)c1C. The molecular formula is C19H16BrN3O3. The van der Waals surface area contributed by atoms with Crippen molar-refractivity contribution in [2.45, 2.75) is 13.8 Å². The zero-order valence-corrected chi connectivity index (χ0v) is 15.7. The van der Waals surface area contributed by atoms with Gasteiger partial charge in [-0.25, -0.2) is 0 Å². The molecule has 0 unspecified atom stereocenters. The molecule has 1 aromatic heterocycles. The van der Waals surface area contributed by atoms with Crippen LogP contribution in [0.25, 0.3) is 5.69 Å². The second-order valence-electron chi connectivity index (χ2n) is 5.81. The minimum atomic E-state index is -0.595. The van der Waals surface area contributed by atoms with Gasteiger partial charge in [-0.05, 0) is 55.3 Å². The summed E-state index contributed by atoms with van der Waals surface area (Å²) in [6.45, 7) is 3.83. The maximum absolute atomic E-state index is 12.6. The molecule has 0 atom stereocenters. The minimum Gasteiger partial charge on any atom is -0.505 e. The van der Waals surface area contributed by atoms with Crippen LogP contribution in [-0.4, -0.2) is 20.8 Å². The zero-order valence-electron chi connectivity index (χ0n) is 14.2. The Morgan fingerprint density at radius 1 is 1.15 bits per heavy atom. The third kappa shape index (κ3) is 3.52. The summed E-state index contributed by atoms with van der Waals surface area (Å²) in [5.41, 5.74) is 2.29. The molecule has 0 fully saturated rings. The smallest absolute Gasteiger partial charge is 0.279 e. The topological polar surface area (TPSA) is 84.2 Å². The fourth-order valence-electron chi connectivity index (χ4n) is 2.44. The minimum absolute atomic E-state index is 0.228. The van der Waals surface area contributed by atoms with E-state index in [1.165, 1.54) is 0 Å². The van der Waals surface area contributed by atoms with E-state index in [1.807, 2.05) is 26.0 Å². The lowest BCUT2D eigenvalue weighted by Gasteiger charge is -2.12. The number of hydrogen-bond acceptors (Lipinski definition) is 4. The van der Waals surface area contributed by atoms with Gasteiger partial charge in [0.05, 0.1) is 5.69 Å². The van der Waals surface area contributed by atoms with E-state index in [9.17, 15) is 14.7 Å². The molecule has 0 saturated heterocycles. The molecule has 3 rings (SSSR count). The number of nitrogens with zero attached hydrogens (tertiary/aromatic N) is 2. The van der Waals surface area contributed by atoms with Crippen LogP contribution in [0.4, 0.5) is 5.69 Å². The molecule has 6 nitrogen and oxygen atoms in total. The van der Waals surface area contributed by atoms with Crippen molar-refractivity contribution in [1.82, 2.24) is 9.78 Å². The highest BCUT2D eigenvalue weighted by Crippen LogP contribution is 2.21. The number of rotatable bonds is 3. The first-order valence-corrected chi connectivity index (χ1v) is 8.63. The lowest BCUT2D eigenvalue weighted by Crippen LogP contribution is -2.25. The lowest BCUT2D eigenvalue weighted by atomic mass is 10.1. The van der Waals surface area contributed by atoms with E-state index >= 15 is 0 Å². The van der Waals surface area contributed by atoms with Gasteiger partial charge in [0.1, 0.15) is 0 Å². The fraction of sp³-hybridized carbons (Fsp3) is 0.105. The number of carbonyl (C=O) groups is 1. The summed E-state index contributed by atoms with van der Waals surface area (Å²) in [4.78, 5) is 24.7. The van der Waals surface area contributed by atoms with Crippen LogP contribution >= 0.6 is 15.9 Å². The number of benzene rings is 2. The first-order chi connectivity index (χ1) is 12.4. The van der Waals surface area contributed by atoms with Gasteiger partial charge in [-0.1, -0.05) is 28.1 Å². The van der Waals surface area contributed by atoms with Gasteiger partial charge < -0.3 is 10.4 Å². The number of hydrogen-bond donors (Lipinski definition) is 2. The molecule has 0 aliphatic heterocycles. The Morgan fingerprint density at radius 3 is 2.54 bits per heavy atom. The fourth-order valence-corrected chi connectivity index (χ4v) is 2.71. The highest BCUT2D eigenvalue weighted by Gasteiger charge is 2.18. The summed E-state index contributed by atoms with van der Waals surface area (Å²) < 4.78 is 1.92. The van der Waals surface area contributed by atoms with E-state index in [4.69, 9.17) is 0 Å². The molecule has 0 radical (unpaired) electrons. The van der Waals surface area contributed by atoms with Crippen molar-refractivity contribution in [2.75, 3.05) is 5.32 Å². The molecule has 0 bridgehead atoms. The van der Waals surface area contributed by atoms with Gasteiger partial charge in [0.2, 0.25) is 0 Å². The molecule has 132 valence electrons. The molecule has 2 N–H and O–H groups in total. The van der Waals surface area contributed by atoms with E-state index in [2.05, 4.69) is 26.3 Å². The van der Waals surface area contributed by atoms with Gasteiger partial charge in [0.25, 0.3) is 11.5 Å². The van der Waals surface area contributed by atoms with Crippen molar-refractivity contribution in [3.8, 4) is 11.4 Å². The summed E-state index contributed by atoms with van der Waals surface area (Å²) in [6, 6.07) is 13.4. The van der Waals surface area contributed by atoms with Crippen LogP contribution in [0.2, 0.25) is 0 Å². The zero-order chi connectivity index (χ0) is 18.8. The predicted molar refractivity (Wildman–Crippen MR) is 103 cm³/mol. The van der Waals surface area contributed by atoms with E-state index in [0.717, 1.165) is 26.3 Å². The molecule has 0 aliphatic rings. The van der Waals surface area contributed by atoms with Gasteiger partial charge >= 0.3 is 0 Å². The van der Waals surface area contributed by atoms with Crippen LogP contribution in [0.3, 0.4) is 0 Å². The lowest BCUT2D eigenvalue weighted by molar-refractivity contribution is 0.101. The summed E-state index contributed by atoms with van der Waals surface area (Å²) in [6.07, 6.45) is 0. The highest BCUT2D eigenvalue weighted by atomic mass is 79.9. The molecule has 0 spiro atoms. The van der Waals surface area contributed by atoms with E-state index in [1.54, 1.807) is 30.3 Å². The number of halogens is 1. The monoisotopic (exact) mass is 413 g/mol. The van der Waals surface area contributed by atoms with Crippen LogP contribution in [0.5, 0.6) is 5.75 Å². The molecule has 2 aromatic carbocycles.